The van der Waals surface area contributed by atoms with E-state index >= 15 is 0 Å². The van der Waals surface area contributed by atoms with Gasteiger partial charge in [0, 0.05) is 6.04 Å². The zero-order valence-corrected chi connectivity index (χ0v) is 12.9. The van der Waals surface area contributed by atoms with Crippen LogP contribution in [0.3, 0.4) is 0 Å². The van der Waals surface area contributed by atoms with Gasteiger partial charge in [0.2, 0.25) is 5.95 Å². The molecule has 4 heteroatoms. The van der Waals surface area contributed by atoms with Crippen molar-refractivity contribution in [3.05, 3.63) is 24.3 Å². The second-order valence-corrected chi connectivity index (χ2v) is 6.57. The number of anilines is 1. The van der Waals surface area contributed by atoms with Crippen molar-refractivity contribution in [2.75, 3.05) is 5.32 Å². The van der Waals surface area contributed by atoms with Gasteiger partial charge in [0.25, 0.3) is 0 Å². The van der Waals surface area contributed by atoms with Crippen LogP contribution >= 0.6 is 0 Å². The van der Waals surface area contributed by atoms with Gasteiger partial charge in [0.15, 0.2) is 0 Å². The Bertz CT molecular complexity index is 586. The van der Waals surface area contributed by atoms with Gasteiger partial charge in [0.05, 0.1) is 5.52 Å². The van der Waals surface area contributed by atoms with E-state index in [9.17, 15) is 0 Å². The number of hydrogen-bond donors (Lipinski definition) is 1. The molecule has 1 aromatic carbocycles. The predicted molar refractivity (Wildman–Crippen MR) is 86.2 cm³/mol. The Morgan fingerprint density at radius 3 is 2.29 bits per heavy atom. The average molecular weight is 284 g/mol. The molecule has 0 amide bonds. The minimum absolute atomic E-state index is 0.471. The SMILES string of the molecule is CC1CCC(Nc2nnc3ccccc3n2)CCC(C)C1. The second kappa shape index (κ2) is 6.37. The van der Waals surface area contributed by atoms with Gasteiger partial charge in [-0.3, -0.25) is 0 Å². The predicted octanol–water partition coefficient (Wildman–Crippen LogP) is 4.04. The van der Waals surface area contributed by atoms with Crippen molar-refractivity contribution in [3.63, 3.8) is 0 Å². The Balaban J connectivity index is 1.71. The molecule has 0 spiro atoms. The van der Waals surface area contributed by atoms with E-state index in [0.717, 1.165) is 22.9 Å². The van der Waals surface area contributed by atoms with E-state index in [1.165, 1.54) is 32.1 Å². The first-order chi connectivity index (χ1) is 10.2. The molecule has 112 valence electrons. The maximum atomic E-state index is 4.58. The van der Waals surface area contributed by atoms with Crippen molar-refractivity contribution < 1.29 is 0 Å². The van der Waals surface area contributed by atoms with Crippen LogP contribution in [-0.4, -0.2) is 21.2 Å². The maximum absolute atomic E-state index is 4.58. The number of hydrogen-bond acceptors (Lipinski definition) is 4. The van der Waals surface area contributed by atoms with E-state index in [1.54, 1.807) is 0 Å². The first-order valence-corrected chi connectivity index (χ1v) is 8.06. The Morgan fingerprint density at radius 1 is 0.905 bits per heavy atom. The highest BCUT2D eigenvalue weighted by atomic mass is 15.2. The quantitative estimate of drug-likeness (QED) is 0.904. The Hall–Kier alpha value is -1.71. The minimum Gasteiger partial charge on any atom is -0.350 e. The van der Waals surface area contributed by atoms with Crippen LogP contribution in [0, 0.1) is 11.8 Å². The lowest BCUT2D eigenvalue weighted by Crippen LogP contribution is -2.25. The third-order valence-electron chi connectivity index (χ3n) is 4.51. The summed E-state index contributed by atoms with van der Waals surface area (Å²) in [6.45, 7) is 4.74. The normalized spacial score (nSPS) is 27.0. The van der Waals surface area contributed by atoms with E-state index in [2.05, 4.69) is 34.3 Å². The van der Waals surface area contributed by atoms with Crippen molar-refractivity contribution >= 4 is 17.0 Å². The first kappa shape index (κ1) is 14.2. The monoisotopic (exact) mass is 284 g/mol. The number of nitrogens with zero attached hydrogens (tertiary/aromatic N) is 3. The van der Waals surface area contributed by atoms with Gasteiger partial charge in [0.1, 0.15) is 5.52 Å². The van der Waals surface area contributed by atoms with Crippen LogP contribution in [0.25, 0.3) is 11.0 Å². The standard InChI is InChI=1S/C17H24N4/c1-12-7-9-14(10-8-13(2)11-12)18-17-19-15-5-3-4-6-16(15)20-21-17/h3-6,12-14H,7-11H2,1-2H3,(H,18,19,21). The zero-order chi connectivity index (χ0) is 14.7. The summed E-state index contributed by atoms with van der Waals surface area (Å²) in [6.07, 6.45) is 6.32. The summed E-state index contributed by atoms with van der Waals surface area (Å²) in [5.74, 6) is 2.31. The topological polar surface area (TPSA) is 50.7 Å². The molecule has 4 nitrogen and oxygen atoms in total. The number of aromatic nitrogens is 3. The molecule has 21 heavy (non-hydrogen) atoms. The highest BCUT2D eigenvalue weighted by Gasteiger charge is 2.19. The molecule has 0 saturated heterocycles. The molecule has 1 aromatic heterocycles. The van der Waals surface area contributed by atoms with E-state index in [1.807, 2.05) is 24.3 Å². The highest BCUT2D eigenvalue weighted by molar-refractivity contribution is 5.74. The lowest BCUT2D eigenvalue weighted by atomic mass is 9.84. The van der Waals surface area contributed by atoms with E-state index in [-0.39, 0.29) is 0 Å². The maximum Gasteiger partial charge on any atom is 0.243 e. The van der Waals surface area contributed by atoms with Gasteiger partial charge in [-0.1, -0.05) is 26.0 Å². The van der Waals surface area contributed by atoms with E-state index in [0.29, 0.717) is 12.0 Å². The smallest absolute Gasteiger partial charge is 0.243 e. The van der Waals surface area contributed by atoms with Gasteiger partial charge in [-0.2, -0.15) is 0 Å². The lowest BCUT2D eigenvalue weighted by molar-refractivity contribution is 0.317. The van der Waals surface area contributed by atoms with Gasteiger partial charge in [-0.15, -0.1) is 10.2 Å². The highest BCUT2D eigenvalue weighted by Crippen LogP contribution is 2.27. The molecule has 1 saturated carbocycles. The van der Waals surface area contributed by atoms with Gasteiger partial charge in [-0.05, 0) is 56.1 Å². The first-order valence-electron chi connectivity index (χ1n) is 8.06. The summed E-state index contributed by atoms with van der Waals surface area (Å²) in [5, 5.41) is 12.0. The molecular formula is C17H24N4. The zero-order valence-electron chi connectivity index (χ0n) is 12.9. The molecule has 1 aliphatic carbocycles. The van der Waals surface area contributed by atoms with Crippen LogP contribution < -0.4 is 5.32 Å². The van der Waals surface area contributed by atoms with Crippen LogP contribution in [0.1, 0.15) is 46.0 Å². The summed E-state index contributed by atoms with van der Waals surface area (Å²) in [6, 6.07) is 8.34. The largest absolute Gasteiger partial charge is 0.350 e. The Morgan fingerprint density at radius 2 is 1.57 bits per heavy atom. The van der Waals surface area contributed by atoms with Gasteiger partial charge >= 0.3 is 0 Å². The van der Waals surface area contributed by atoms with Gasteiger partial charge in [-0.25, -0.2) is 4.98 Å². The van der Waals surface area contributed by atoms with Crippen molar-refractivity contribution in [1.29, 1.82) is 0 Å². The van der Waals surface area contributed by atoms with Crippen molar-refractivity contribution in [1.82, 2.24) is 15.2 Å². The van der Waals surface area contributed by atoms with Crippen LogP contribution in [0.2, 0.25) is 0 Å². The molecule has 1 aliphatic rings. The van der Waals surface area contributed by atoms with Crippen molar-refractivity contribution in [2.24, 2.45) is 11.8 Å². The third kappa shape index (κ3) is 3.69. The molecule has 3 rings (SSSR count). The summed E-state index contributed by atoms with van der Waals surface area (Å²) in [5.41, 5.74) is 1.76. The summed E-state index contributed by atoms with van der Waals surface area (Å²) >= 11 is 0. The summed E-state index contributed by atoms with van der Waals surface area (Å²) in [7, 11) is 0. The number of benzene rings is 1. The molecule has 1 fully saturated rings. The number of fused-ring (bicyclic) bond motifs is 1. The number of rotatable bonds is 2. The molecule has 2 atom stereocenters. The molecule has 0 aliphatic heterocycles. The van der Waals surface area contributed by atoms with Crippen molar-refractivity contribution in [3.8, 4) is 0 Å². The van der Waals surface area contributed by atoms with Crippen LogP contribution in [0.5, 0.6) is 0 Å². The van der Waals surface area contributed by atoms with Crippen LogP contribution in [0.4, 0.5) is 5.95 Å². The minimum atomic E-state index is 0.471. The van der Waals surface area contributed by atoms with Crippen LogP contribution in [-0.2, 0) is 0 Å². The fourth-order valence-electron chi connectivity index (χ4n) is 3.31. The van der Waals surface area contributed by atoms with E-state index in [4.69, 9.17) is 0 Å². The van der Waals surface area contributed by atoms with Crippen molar-refractivity contribution in [2.45, 2.75) is 52.0 Å². The third-order valence-corrected chi connectivity index (χ3v) is 4.51. The molecule has 1 N–H and O–H groups in total. The lowest BCUT2D eigenvalue weighted by Gasteiger charge is -2.27. The van der Waals surface area contributed by atoms with E-state index < -0.39 is 0 Å². The fourth-order valence-corrected chi connectivity index (χ4v) is 3.31. The van der Waals surface area contributed by atoms with Crippen LogP contribution in [0.15, 0.2) is 24.3 Å². The Labute approximate surface area is 126 Å². The Kier molecular flexibility index (Phi) is 4.32. The number of nitrogens with one attached hydrogen (secondary N) is 1. The molecule has 2 unspecified atom stereocenters. The summed E-state index contributed by atoms with van der Waals surface area (Å²) in [4.78, 5) is 4.58. The fraction of sp³-hybridized carbons (Fsp3) is 0.588. The number of para-hydroxylation sites is 1. The average Bonchev–Trinajstić information content (AvgIpc) is 2.48. The molecule has 2 aromatic rings. The summed E-state index contributed by atoms with van der Waals surface area (Å²) < 4.78 is 0. The molecule has 0 radical (unpaired) electrons. The second-order valence-electron chi connectivity index (χ2n) is 6.57. The van der Waals surface area contributed by atoms with Gasteiger partial charge < -0.3 is 5.32 Å². The molecular weight excluding hydrogens is 260 g/mol. The molecule has 0 bridgehead atoms. The molecule has 1 heterocycles.